The first kappa shape index (κ1) is 22.5. The van der Waals surface area contributed by atoms with Crippen molar-refractivity contribution < 1.29 is 14.3 Å². The lowest BCUT2D eigenvalue weighted by Crippen LogP contribution is -2.31. The summed E-state index contributed by atoms with van der Waals surface area (Å²) in [7, 11) is 3.23. The second kappa shape index (κ2) is 10.3. The molecule has 0 saturated carbocycles. The van der Waals surface area contributed by atoms with Crippen LogP contribution in [0.25, 0.3) is 5.69 Å². The van der Waals surface area contributed by atoms with Crippen molar-refractivity contribution in [2.75, 3.05) is 14.2 Å². The normalized spacial score (nSPS) is 10.6. The Bertz CT molecular complexity index is 1220. The first-order valence-corrected chi connectivity index (χ1v) is 10.9. The van der Waals surface area contributed by atoms with Crippen LogP contribution >= 0.6 is 11.6 Å². The van der Waals surface area contributed by atoms with Crippen molar-refractivity contribution in [2.24, 2.45) is 0 Å². The Morgan fingerprint density at radius 2 is 1.61 bits per heavy atom. The number of hydrogen-bond acceptors (Lipinski definition) is 3. The van der Waals surface area contributed by atoms with Crippen molar-refractivity contribution in [3.05, 3.63) is 113 Å². The third-order valence-corrected chi connectivity index (χ3v) is 5.70. The summed E-state index contributed by atoms with van der Waals surface area (Å²) in [5, 5.41) is 0.659. The second-order valence-corrected chi connectivity index (χ2v) is 8.01. The van der Waals surface area contributed by atoms with E-state index in [1.54, 1.807) is 14.2 Å². The van der Waals surface area contributed by atoms with Crippen LogP contribution in [0.4, 0.5) is 0 Å². The minimum atomic E-state index is -0.0767. The Morgan fingerprint density at radius 1 is 0.879 bits per heavy atom. The number of nitrogens with zero attached hydrogens (tertiary/aromatic N) is 2. The van der Waals surface area contributed by atoms with Crippen LogP contribution in [0, 0.1) is 0 Å². The molecule has 168 valence electrons. The molecule has 0 atom stereocenters. The quantitative estimate of drug-likeness (QED) is 0.324. The lowest BCUT2D eigenvalue weighted by atomic mass is 10.1. The minimum absolute atomic E-state index is 0.0767. The van der Waals surface area contributed by atoms with Crippen molar-refractivity contribution in [3.8, 4) is 17.2 Å². The average molecular weight is 461 g/mol. The van der Waals surface area contributed by atoms with Crippen LogP contribution in [0.2, 0.25) is 5.02 Å². The van der Waals surface area contributed by atoms with Crippen molar-refractivity contribution in [2.45, 2.75) is 13.1 Å². The smallest absolute Gasteiger partial charge is 0.256 e. The summed E-state index contributed by atoms with van der Waals surface area (Å²) in [5.41, 5.74) is 3.32. The van der Waals surface area contributed by atoms with Crippen LogP contribution in [0.5, 0.6) is 11.5 Å². The van der Waals surface area contributed by atoms with Crippen LogP contribution in [0.1, 0.15) is 21.5 Å². The van der Waals surface area contributed by atoms with Crippen LogP contribution in [0.15, 0.2) is 91.3 Å². The van der Waals surface area contributed by atoms with Gasteiger partial charge in [0.15, 0.2) is 0 Å². The molecule has 1 aromatic heterocycles. The zero-order chi connectivity index (χ0) is 23.2. The molecular weight excluding hydrogens is 436 g/mol. The fraction of sp³-hybridized carbons (Fsp3) is 0.148. The molecule has 0 aliphatic carbocycles. The van der Waals surface area contributed by atoms with E-state index in [0.29, 0.717) is 35.2 Å². The van der Waals surface area contributed by atoms with Gasteiger partial charge in [0, 0.05) is 42.1 Å². The number of carbonyl (C=O) groups is 1. The van der Waals surface area contributed by atoms with Gasteiger partial charge in [0.05, 0.1) is 25.5 Å². The van der Waals surface area contributed by atoms with Crippen LogP contribution in [0.3, 0.4) is 0 Å². The topological polar surface area (TPSA) is 43.7 Å². The number of benzene rings is 3. The molecule has 0 unspecified atom stereocenters. The largest absolute Gasteiger partial charge is 0.497 e. The van der Waals surface area contributed by atoms with Crippen molar-refractivity contribution >= 4 is 17.5 Å². The molecule has 0 fully saturated rings. The molecule has 0 aliphatic heterocycles. The monoisotopic (exact) mass is 460 g/mol. The number of hydrogen-bond donors (Lipinski definition) is 0. The number of para-hydroxylation sites is 1. The van der Waals surface area contributed by atoms with E-state index in [1.165, 1.54) is 0 Å². The Kier molecular flexibility index (Phi) is 7.01. The number of methoxy groups -OCH3 is 2. The van der Waals surface area contributed by atoms with E-state index < -0.39 is 0 Å². The van der Waals surface area contributed by atoms with Crippen LogP contribution < -0.4 is 9.47 Å². The van der Waals surface area contributed by atoms with Crippen molar-refractivity contribution in [1.82, 2.24) is 9.47 Å². The molecule has 0 radical (unpaired) electrons. The lowest BCUT2D eigenvalue weighted by Gasteiger charge is -2.25. The van der Waals surface area contributed by atoms with E-state index in [9.17, 15) is 4.79 Å². The Balaban J connectivity index is 1.72. The van der Waals surface area contributed by atoms with E-state index in [2.05, 4.69) is 0 Å². The molecule has 6 heteroatoms. The fourth-order valence-corrected chi connectivity index (χ4v) is 3.87. The van der Waals surface area contributed by atoms with Gasteiger partial charge < -0.3 is 18.9 Å². The Labute approximate surface area is 198 Å². The van der Waals surface area contributed by atoms with Gasteiger partial charge in [-0.1, -0.05) is 35.9 Å². The summed E-state index contributed by atoms with van der Waals surface area (Å²) in [6.45, 7) is 0.792. The molecule has 5 nitrogen and oxygen atoms in total. The van der Waals surface area contributed by atoms with Gasteiger partial charge in [-0.05, 0) is 54.1 Å². The molecule has 33 heavy (non-hydrogen) atoms. The standard InChI is InChI=1S/C27H25ClN2O3/c1-32-23-14-11-21(26(17-23)33-2)19-30(18-20-9-12-22(28)13-10-20)27(31)24-7-3-4-8-25(24)29-15-5-6-16-29/h3-17H,18-19H2,1-2H3. The van der Waals surface area contributed by atoms with Crippen LogP contribution in [-0.4, -0.2) is 29.6 Å². The Morgan fingerprint density at radius 3 is 2.30 bits per heavy atom. The van der Waals surface area contributed by atoms with Gasteiger partial charge >= 0.3 is 0 Å². The molecule has 0 N–H and O–H groups in total. The highest BCUT2D eigenvalue weighted by atomic mass is 35.5. The van der Waals surface area contributed by atoms with Crippen LogP contribution in [-0.2, 0) is 13.1 Å². The number of halogens is 1. The first-order valence-electron chi connectivity index (χ1n) is 10.6. The molecule has 0 aliphatic rings. The maximum absolute atomic E-state index is 13.9. The van der Waals surface area contributed by atoms with Crippen molar-refractivity contribution in [3.63, 3.8) is 0 Å². The Hall–Kier alpha value is -3.70. The third-order valence-electron chi connectivity index (χ3n) is 5.45. The predicted molar refractivity (Wildman–Crippen MR) is 130 cm³/mol. The molecular formula is C27H25ClN2O3. The summed E-state index contributed by atoms with van der Waals surface area (Å²) in [4.78, 5) is 15.7. The number of amides is 1. The average Bonchev–Trinajstić information content (AvgIpc) is 3.39. The van der Waals surface area contributed by atoms with E-state index in [1.807, 2.05) is 101 Å². The van der Waals surface area contributed by atoms with Gasteiger partial charge in [-0.25, -0.2) is 0 Å². The lowest BCUT2D eigenvalue weighted by molar-refractivity contribution is 0.0729. The molecule has 0 bridgehead atoms. The molecule has 0 spiro atoms. The highest BCUT2D eigenvalue weighted by Crippen LogP contribution is 2.28. The van der Waals surface area contributed by atoms with Gasteiger partial charge in [-0.3, -0.25) is 4.79 Å². The van der Waals surface area contributed by atoms with Gasteiger partial charge in [0.2, 0.25) is 0 Å². The molecule has 4 rings (SSSR count). The second-order valence-electron chi connectivity index (χ2n) is 7.57. The molecule has 1 amide bonds. The van der Waals surface area contributed by atoms with E-state index >= 15 is 0 Å². The highest BCUT2D eigenvalue weighted by molar-refractivity contribution is 6.30. The number of ether oxygens (including phenoxy) is 2. The summed E-state index contributed by atoms with van der Waals surface area (Å²) in [6, 6.07) is 24.7. The van der Waals surface area contributed by atoms with E-state index in [-0.39, 0.29) is 5.91 Å². The van der Waals surface area contributed by atoms with Gasteiger partial charge in [-0.15, -0.1) is 0 Å². The summed E-state index contributed by atoms with van der Waals surface area (Å²) < 4.78 is 12.9. The number of rotatable bonds is 8. The van der Waals surface area contributed by atoms with E-state index in [0.717, 1.165) is 16.8 Å². The van der Waals surface area contributed by atoms with E-state index in [4.69, 9.17) is 21.1 Å². The van der Waals surface area contributed by atoms with Crippen molar-refractivity contribution in [1.29, 1.82) is 0 Å². The molecule has 4 aromatic rings. The maximum Gasteiger partial charge on any atom is 0.256 e. The first-order chi connectivity index (χ1) is 16.1. The number of carbonyl (C=O) groups excluding carboxylic acids is 1. The molecule has 1 heterocycles. The fourth-order valence-electron chi connectivity index (χ4n) is 3.74. The summed E-state index contributed by atoms with van der Waals surface area (Å²) in [6.07, 6.45) is 3.87. The third kappa shape index (κ3) is 5.21. The predicted octanol–water partition coefficient (Wildman–Crippen LogP) is 5.99. The SMILES string of the molecule is COc1ccc(CN(Cc2ccc(Cl)cc2)C(=O)c2ccccc2-n2cccc2)c(OC)c1. The molecule has 3 aromatic carbocycles. The maximum atomic E-state index is 13.9. The van der Waals surface area contributed by atoms with Gasteiger partial charge in [-0.2, -0.15) is 0 Å². The van der Waals surface area contributed by atoms with Gasteiger partial charge in [0.1, 0.15) is 11.5 Å². The minimum Gasteiger partial charge on any atom is -0.497 e. The zero-order valence-electron chi connectivity index (χ0n) is 18.6. The summed E-state index contributed by atoms with van der Waals surface area (Å²) in [5.74, 6) is 1.29. The zero-order valence-corrected chi connectivity index (χ0v) is 19.3. The summed E-state index contributed by atoms with van der Waals surface area (Å²) >= 11 is 6.07. The number of aromatic nitrogens is 1. The molecule has 0 saturated heterocycles. The highest BCUT2D eigenvalue weighted by Gasteiger charge is 2.21. The van der Waals surface area contributed by atoms with Gasteiger partial charge in [0.25, 0.3) is 5.91 Å².